The quantitative estimate of drug-likeness (QED) is 0.838. The molecule has 134 valence electrons. The van der Waals surface area contributed by atoms with Crippen molar-refractivity contribution in [2.45, 2.75) is 0 Å². The van der Waals surface area contributed by atoms with Crippen molar-refractivity contribution >= 4 is 40.5 Å². The second kappa shape index (κ2) is 7.35. The summed E-state index contributed by atoms with van der Waals surface area (Å²) in [7, 11) is 0. The summed E-state index contributed by atoms with van der Waals surface area (Å²) < 4.78 is 24.1. The number of nitrogens with one attached hydrogen (secondary N) is 1. The fourth-order valence-electron chi connectivity index (χ4n) is 2.62. The number of morpholine rings is 1. The van der Waals surface area contributed by atoms with Crippen molar-refractivity contribution < 1.29 is 18.3 Å². The summed E-state index contributed by atoms with van der Waals surface area (Å²) in [6.07, 6.45) is 1.69. The number of hydrogen-bond acceptors (Lipinski definition) is 6. The summed E-state index contributed by atoms with van der Waals surface area (Å²) in [4.78, 5) is 19.0. The molecule has 2 aliphatic heterocycles. The Morgan fingerprint density at radius 2 is 1.92 bits per heavy atom. The van der Waals surface area contributed by atoms with Crippen LogP contribution in [0.2, 0.25) is 0 Å². The molecule has 2 aromatic rings. The molecule has 0 bridgehead atoms. The van der Waals surface area contributed by atoms with Gasteiger partial charge in [0.05, 0.1) is 23.8 Å². The summed E-state index contributed by atoms with van der Waals surface area (Å²) in [5.41, 5.74) is 0.572. The molecule has 0 radical (unpaired) electrons. The van der Waals surface area contributed by atoms with E-state index < -0.39 is 0 Å². The van der Waals surface area contributed by atoms with Crippen LogP contribution in [0.15, 0.2) is 50.7 Å². The van der Waals surface area contributed by atoms with E-state index in [1.54, 1.807) is 18.2 Å². The molecule has 1 aromatic heterocycles. The highest BCUT2D eigenvalue weighted by atomic mass is 32.2. The first kappa shape index (κ1) is 16.9. The van der Waals surface area contributed by atoms with E-state index >= 15 is 0 Å². The second-order valence-corrected chi connectivity index (χ2v) is 6.76. The topological polar surface area (TPSA) is 67.1 Å². The highest BCUT2D eigenvalue weighted by Gasteiger charge is 2.24. The van der Waals surface area contributed by atoms with E-state index in [9.17, 15) is 9.18 Å². The third-order valence-electron chi connectivity index (χ3n) is 3.92. The largest absolute Gasteiger partial charge is 0.441 e. The van der Waals surface area contributed by atoms with Crippen molar-refractivity contribution in [2.24, 2.45) is 4.99 Å². The molecule has 8 heteroatoms. The molecular weight excluding hydrogens is 357 g/mol. The number of furan rings is 1. The van der Waals surface area contributed by atoms with Gasteiger partial charge in [-0.1, -0.05) is 0 Å². The van der Waals surface area contributed by atoms with E-state index in [-0.39, 0.29) is 11.7 Å². The zero-order valence-electron chi connectivity index (χ0n) is 13.8. The number of anilines is 1. The number of carbonyl (C=O) groups excluding carboxylic acids is 1. The monoisotopic (exact) mass is 373 g/mol. The summed E-state index contributed by atoms with van der Waals surface area (Å²) in [5.74, 6) is 0.808. The zero-order valence-corrected chi connectivity index (χ0v) is 14.6. The lowest BCUT2D eigenvalue weighted by Crippen LogP contribution is -2.35. The maximum Gasteiger partial charge on any atom is 0.264 e. The number of rotatable bonds is 3. The van der Waals surface area contributed by atoms with Crippen LogP contribution in [0.5, 0.6) is 0 Å². The SMILES string of the molecule is O=C1NC(=Nc2ccc(F)cc2)S/C1=C\c1ccc(N2CCOCC2)o1. The molecule has 3 heterocycles. The predicted molar refractivity (Wildman–Crippen MR) is 98.9 cm³/mol. The van der Waals surface area contributed by atoms with Gasteiger partial charge in [0.1, 0.15) is 11.6 Å². The van der Waals surface area contributed by atoms with Crippen LogP contribution in [-0.2, 0) is 9.53 Å². The molecule has 0 aliphatic carbocycles. The van der Waals surface area contributed by atoms with Crippen LogP contribution >= 0.6 is 11.8 Å². The molecule has 1 aromatic carbocycles. The smallest absolute Gasteiger partial charge is 0.264 e. The number of carbonyl (C=O) groups is 1. The van der Waals surface area contributed by atoms with Crippen LogP contribution in [0, 0.1) is 5.82 Å². The molecule has 2 aliphatic rings. The van der Waals surface area contributed by atoms with Crippen molar-refractivity contribution in [1.29, 1.82) is 0 Å². The molecule has 6 nitrogen and oxygen atoms in total. The van der Waals surface area contributed by atoms with Gasteiger partial charge in [0.25, 0.3) is 5.91 Å². The van der Waals surface area contributed by atoms with Gasteiger partial charge >= 0.3 is 0 Å². The molecule has 1 amide bonds. The van der Waals surface area contributed by atoms with Crippen molar-refractivity contribution in [2.75, 3.05) is 31.2 Å². The molecule has 0 saturated carbocycles. The Hall–Kier alpha value is -2.58. The molecule has 1 N–H and O–H groups in total. The normalized spacial score (nSPS) is 20.8. The molecule has 2 fully saturated rings. The van der Waals surface area contributed by atoms with Gasteiger partial charge in [-0.2, -0.15) is 0 Å². The lowest BCUT2D eigenvalue weighted by molar-refractivity contribution is -0.115. The number of benzene rings is 1. The first-order chi connectivity index (χ1) is 12.7. The van der Waals surface area contributed by atoms with Gasteiger partial charge in [-0.15, -0.1) is 0 Å². The van der Waals surface area contributed by atoms with Crippen LogP contribution in [0.1, 0.15) is 5.76 Å². The molecule has 2 saturated heterocycles. The fraction of sp³-hybridized carbons (Fsp3) is 0.222. The number of amides is 1. The lowest BCUT2D eigenvalue weighted by Gasteiger charge is -2.26. The van der Waals surface area contributed by atoms with Gasteiger partial charge in [0.15, 0.2) is 11.1 Å². The van der Waals surface area contributed by atoms with E-state index in [4.69, 9.17) is 9.15 Å². The maximum atomic E-state index is 12.9. The van der Waals surface area contributed by atoms with Gasteiger partial charge in [0, 0.05) is 25.2 Å². The van der Waals surface area contributed by atoms with Crippen LogP contribution in [0.25, 0.3) is 6.08 Å². The molecule has 26 heavy (non-hydrogen) atoms. The summed E-state index contributed by atoms with van der Waals surface area (Å²) in [5, 5.41) is 3.15. The number of hydrogen-bond donors (Lipinski definition) is 1. The van der Waals surface area contributed by atoms with Gasteiger partial charge in [0.2, 0.25) is 0 Å². The van der Waals surface area contributed by atoms with Crippen LogP contribution in [0.4, 0.5) is 16.0 Å². The molecule has 0 unspecified atom stereocenters. The summed E-state index contributed by atoms with van der Waals surface area (Å²) >= 11 is 1.22. The number of thioether (sulfide) groups is 1. The maximum absolute atomic E-state index is 12.9. The summed E-state index contributed by atoms with van der Waals surface area (Å²) in [6, 6.07) is 9.49. The minimum absolute atomic E-state index is 0.236. The van der Waals surface area contributed by atoms with E-state index in [2.05, 4.69) is 15.2 Å². The molecular formula is C18H16FN3O3S. The van der Waals surface area contributed by atoms with Crippen LogP contribution in [-0.4, -0.2) is 37.4 Å². The number of aliphatic imine (C=N–C) groups is 1. The zero-order chi connectivity index (χ0) is 17.9. The highest BCUT2D eigenvalue weighted by molar-refractivity contribution is 8.18. The van der Waals surface area contributed by atoms with E-state index in [0.717, 1.165) is 19.0 Å². The number of ether oxygens (including phenoxy) is 1. The first-order valence-corrected chi connectivity index (χ1v) is 8.97. The Bertz CT molecular complexity index is 870. The second-order valence-electron chi connectivity index (χ2n) is 5.73. The van der Waals surface area contributed by atoms with Crippen LogP contribution in [0.3, 0.4) is 0 Å². The Balaban J connectivity index is 1.48. The van der Waals surface area contributed by atoms with Crippen molar-refractivity contribution in [3.05, 3.63) is 52.9 Å². The van der Waals surface area contributed by atoms with Gasteiger partial charge in [-0.3, -0.25) is 4.79 Å². The van der Waals surface area contributed by atoms with E-state index in [1.807, 2.05) is 12.1 Å². The van der Waals surface area contributed by atoms with Gasteiger partial charge < -0.3 is 19.4 Å². The molecule has 0 atom stereocenters. The lowest BCUT2D eigenvalue weighted by atomic mass is 10.3. The van der Waals surface area contributed by atoms with Crippen molar-refractivity contribution in [3.63, 3.8) is 0 Å². The average Bonchev–Trinajstić information content (AvgIpc) is 3.25. The Labute approximate surface area is 153 Å². The first-order valence-electron chi connectivity index (χ1n) is 8.15. The Morgan fingerprint density at radius 3 is 2.69 bits per heavy atom. The fourth-order valence-corrected chi connectivity index (χ4v) is 3.44. The third kappa shape index (κ3) is 3.81. The minimum atomic E-state index is -0.327. The Morgan fingerprint density at radius 1 is 1.15 bits per heavy atom. The number of nitrogens with zero attached hydrogens (tertiary/aromatic N) is 2. The standard InChI is InChI=1S/C18H16FN3O3S/c19-12-1-3-13(4-2-12)20-18-21-17(23)15(26-18)11-14-5-6-16(25-14)22-7-9-24-10-8-22/h1-6,11H,7-10H2,(H,20,21,23)/b15-11-. The van der Waals surface area contributed by atoms with E-state index in [0.29, 0.717) is 34.7 Å². The Kier molecular flexibility index (Phi) is 4.77. The average molecular weight is 373 g/mol. The minimum Gasteiger partial charge on any atom is -0.441 e. The third-order valence-corrected chi connectivity index (χ3v) is 4.83. The van der Waals surface area contributed by atoms with Crippen molar-refractivity contribution in [1.82, 2.24) is 5.32 Å². The van der Waals surface area contributed by atoms with E-state index in [1.165, 1.54) is 23.9 Å². The number of amidine groups is 1. The summed E-state index contributed by atoms with van der Waals surface area (Å²) in [6.45, 7) is 2.93. The molecule has 4 rings (SSSR count). The molecule has 0 spiro atoms. The van der Waals surface area contributed by atoms with Gasteiger partial charge in [-0.05, 0) is 42.1 Å². The van der Waals surface area contributed by atoms with Crippen molar-refractivity contribution in [3.8, 4) is 0 Å². The highest BCUT2D eigenvalue weighted by Crippen LogP contribution is 2.29. The predicted octanol–water partition coefficient (Wildman–Crippen LogP) is 3.15. The number of halogens is 1. The van der Waals surface area contributed by atoms with Gasteiger partial charge in [-0.25, -0.2) is 9.38 Å². The van der Waals surface area contributed by atoms with Crippen LogP contribution < -0.4 is 10.2 Å².